The largest absolute Gasteiger partial charge is 0.486 e. The van der Waals surface area contributed by atoms with E-state index in [9.17, 15) is 4.79 Å². The molecule has 0 bridgehead atoms. The van der Waals surface area contributed by atoms with Gasteiger partial charge in [-0.2, -0.15) is 0 Å². The first-order valence-electron chi connectivity index (χ1n) is 10.7. The number of likely N-dealkylation sites (N-methyl/N-ethyl adjacent to an activating group) is 1. The second-order valence-corrected chi connectivity index (χ2v) is 8.44. The number of ketones is 1. The van der Waals surface area contributed by atoms with Gasteiger partial charge in [-0.1, -0.05) is 41.9 Å². The summed E-state index contributed by atoms with van der Waals surface area (Å²) in [5.41, 5.74) is 1.80. The zero-order valence-electron chi connectivity index (χ0n) is 18.8. The Morgan fingerprint density at radius 2 is 1.91 bits per heavy atom. The van der Waals surface area contributed by atoms with Crippen molar-refractivity contribution in [1.82, 2.24) is 20.1 Å². The number of Topliss-reactive ketones (excluding diaryl/α,β-unsaturated/α-hetero) is 1. The molecular formula is C25H24ClFN4O3. The molecule has 0 atom stereocenters. The van der Waals surface area contributed by atoms with Crippen molar-refractivity contribution < 1.29 is 18.7 Å². The Hall–Kier alpha value is -3.49. The third kappa shape index (κ3) is 5.52. The second-order valence-electron chi connectivity index (χ2n) is 8.03. The van der Waals surface area contributed by atoms with Gasteiger partial charge in [0.05, 0.1) is 16.0 Å². The smallest absolute Gasteiger partial charge is 0.242 e. The number of halogens is 2. The normalized spacial score (nSPS) is 11.2. The maximum absolute atomic E-state index is 15.2. The van der Waals surface area contributed by atoms with Crippen LogP contribution in [-0.4, -0.2) is 53.1 Å². The van der Waals surface area contributed by atoms with Crippen LogP contribution in [0.4, 0.5) is 4.39 Å². The van der Waals surface area contributed by atoms with Crippen molar-refractivity contribution in [3.63, 3.8) is 0 Å². The Morgan fingerprint density at radius 1 is 1.12 bits per heavy atom. The van der Waals surface area contributed by atoms with E-state index in [1.54, 1.807) is 12.3 Å². The van der Waals surface area contributed by atoms with E-state index < -0.39 is 11.6 Å². The Kier molecular flexibility index (Phi) is 7.40. The molecule has 2 aromatic carbocycles. The highest BCUT2D eigenvalue weighted by atomic mass is 35.5. The van der Waals surface area contributed by atoms with Gasteiger partial charge in [-0.3, -0.25) is 9.89 Å². The summed E-state index contributed by atoms with van der Waals surface area (Å²) < 4.78 is 26.5. The van der Waals surface area contributed by atoms with Crippen molar-refractivity contribution in [2.75, 3.05) is 27.2 Å². The fourth-order valence-electron chi connectivity index (χ4n) is 3.37. The van der Waals surface area contributed by atoms with Crippen molar-refractivity contribution in [3.05, 3.63) is 82.3 Å². The van der Waals surface area contributed by atoms with Gasteiger partial charge in [0.2, 0.25) is 5.88 Å². The summed E-state index contributed by atoms with van der Waals surface area (Å²) in [6.45, 7) is 1.35. The molecule has 0 radical (unpaired) electrons. The lowest BCUT2D eigenvalue weighted by atomic mass is 10.0. The number of carbonyl (C=O) groups excluding carboxylic acids is 1. The lowest BCUT2D eigenvalue weighted by Gasteiger charge is -2.12. The van der Waals surface area contributed by atoms with Crippen LogP contribution in [0.5, 0.6) is 11.6 Å². The summed E-state index contributed by atoms with van der Waals surface area (Å²) >= 11 is 6.19. The van der Waals surface area contributed by atoms with Crippen LogP contribution in [0.2, 0.25) is 5.02 Å². The van der Waals surface area contributed by atoms with Gasteiger partial charge < -0.3 is 14.4 Å². The number of carbonyl (C=O) groups is 1. The van der Waals surface area contributed by atoms with Crippen molar-refractivity contribution in [2.24, 2.45) is 0 Å². The highest BCUT2D eigenvalue weighted by molar-refractivity contribution is 6.34. The molecule has 2 aromatic heterocycles. The number of pyridine rings is 1. The molecular weight excluding hydrogens is 459 g/mol. The number of aromatic nitrogens is 3. The van der Waals surface area contributed by atoms with E-state index in [4.69, 9.17) is 21.1 Å². The molecule has 4 aromatic rings. The number of fused-ring (bicyclic) bond motifs is 1. The number of hydrogen-bond donors (Lipinski definition) is 1. The fraction of sp³-hybridized carbons (Fsp3) is 0.240. The molecule has 34 heavy (non-hydrogen) atoms. The van der Waals surface area contributed by atoms with Gasteiger partial charge in [-0.05, 0) is 43.4 Å². The van der Waals surface area contributed by atoms with Gasteiger partial charge in [0.1, 0.15) is 13.2 Å². The summed E-state index contributed by atoms with van der Waals surface area (Å²) in [6.07, 6.45) is 1.45. The predicted molar refractivity (Wildman–Crippen MR) is 128 cm³/mol. The highest BCUT2D eigenvalue weighted by Gasteiger charge is 2.21. The number of ether oxygens (including phenoxy) is 2. The van der Waals surface area contributed by atoms with Crippen molar-refractivity contribution >= 4 is 28.4 Å². The quantitative estimate of drug-likeness (QED) is 0.330. The average Bonchev–Trinajstić information content (AvgIpc) is 3.21. The van der Waals surface area contributed by atoms with E-state index in [0.717, 1.165) is 12.1 Å². The Bertz CT molecular complexity index is 1290. The Morgan fingerprint density at radius 3 is 2.68 bits per heavy atom. The molecule has 1 N–H and O–H groups in total. The second kappa shape index (κ2) is 10.6. The van der Waals surface area contributed by atoms with Crippen LogP contribution in [0.3, 0.4) is 0 Å². The van der Waals surface area contributed by atoms with Gasteiger partial charge in [-0.25, -0.2) is 9.37 Å². The third-order valence-corrected chi connectivity index (χ3v) is 5.47. The summed E-state index contributed by atoms with van der Waals surface area (Å²) in [4.78, 5) is 19.3. The maximum Gasteiger partial charge on any atom is 0.242 e. The van der Waals surface area contributed by atoms with Gasteiger partial charge in [0, 0.05) is 19.2 Å². The fourth-order valence-corrected chi connectivity index (χ4v) is 3.62. The van der Waals surface area contributed by atoms with Crippen LogP contribution in [0.1, 0.15) is 21.5 Å². The summed E-state index contributed by atoms with van der Waals surface area (Å²) in [6, 6.07) is 14.0. The molecule has 0 saturated heterocycles. The standard InChI is InChI=1S/C25H24ClFN4O3/c1-31(2)10-11-33-25-18-12-17(14-28-24(18)29-30-25)13-20(32)22-19(26)8-9-21(23(22)27)34-15-16-6-4-3-5-7-16/h3-9,12,14H,10-11,13,15H2,1-2H3,(H,28,29,30). The number of H-pyrrole nitrogens is 1. The summed E-state index contributed by atoms with van der Waals surface area (Å²) in [7, 11) is 3.90. The van der Waals surface area contributed by atoms with E-state index in [-0.39, 0.29) is 29.4 Å². The topological polar surface area (TPSA) is 80.3 Å². The predicted octanol–water partition coefficient (Wildman–Crippen LogP) is 4.70. The summed E-state index contributed by atoms with van der Waals surface area (Å²) in [5, 5.41) is 7.63. The van der Waals surface area contributed by atoms with E-state index >= 15 is 4.39 Å². The van der Waals surface area contributed by atoms with Crippen LogP contribution in [0, 0.1) is 5.82 Å². The molecule has 0 fully saturated rings. The van der Waals surface area contributed by atoms with Crippen LogP contribution >= 0.6 is 11.6 Å². The van der Waals surface area contributed by atoms with E-state index in [2.05, 4.69) is 15.2 Å². The van der Waals surface area contributed by atoms with E-state index in [1.165, 1.54) is 12.1 Å². The molecule has 7 nitrogen and oxygen atoms in total. The molecule has 0 spiro atoms. The Balaban J connectivity index is 1.51. The molecule has 0 amide bonds. The number of nitrogens with one attached hydrogen (secondary N) is 1. The molecule has 0 aliphatic rings. The third-order valence-electron chi connectivity index (χ3n) is 5.15. The van der Waals surface area contributed by atoms with Crippen molar-refractivity contribution in [2.45, 2.75) is 13.0 Å². The number of benzene rings is 2. The molecule has 176 valence electrons. The maximum atomic E-state index is 15.2. The van der Waals surface area contributed by atoms with Crippen LogP contribution in [-0.2, 0) is 13.0 Å². The molecule has 4 rings (SSSR count). The van der Waals surface area contributed by atoms with Crippen LogP contribution in [0.25, 0.3) is 11.0 Å². The number of nitrogens with zero attached hydrogens (tertiary/aromatic N) is 3. The molecule has 0 aliphatic carbocycles. The van der Waals surface area contributed by atoms with Crippen molar-refractivity contribution in [3.8, 4) is 11.6 Å². The van der Waals surface area contributed by atoms with Gasteiger partial charge >= 0.3 is 0 Å². The zero-order chi connectivity index (χ0) is 24.1. The minimum Gasteiger partial charge on any atom is -0.486 e. The van der Waals surface area contributed by atoms with E-state index in [1.807, 2.05) is 49.3 Å². The monoisotopic (exact) mass is 482 g/mol. The molecule has 2 heterocycles. The van der Waals surface area contributed by atoms with E-state index in [0.29, 0.717) is 29.1 Å². The minimum atomic E-state index is -0.779. The van der Waals surface area contributed by atoms with Gasteiger partial charge in [0.25, 0.3) is 0 Å². The average molecular weight is 483 g/mol. The Labute approximate surface area is 201 Å². The zero-order valence-corrected chi connectivity index (χ0v) is 19.6. The SMILES string of the molecule is CN(C)CCOc1n[nH]c2ncc(CC(=O)c3c(Cl)ccc(OCc4ccccc4)c3F)cc12. The highest BCUT2D eigenvalue weighted by Crippen LogP contribution is 2.30. The molecule has 9 heteroatoms. The van der Waals surface area contributed by atoms with Crippen molar-refractivity contribution in [1.29, 1.82) is 0 Å². The first-order chi connectivity index (χ1) is 16.4. The number of aromatic amines is 1. The minimum absolute atomic E-state index is 0.0274. The molecule has 0 unspecified atom stereocenters. The molecule has 0 aliphatic heterocycles. The van der Waals surface area contributed by atoms with Crippen LogP contribution in [0.15, 0.2) is 54.7 Å². The van der Waals surface area contributed by atoms with Gasteiger partial charge in [0.15, 0.2) is 23.0 Å². The molecule has 0 saturated carbocycles. The van der Waals surface area contributed by atoms with Gasteiger partial charge in [-0.15, -0.1) is 5.10 Å². The number of hydrogen-bond acceptors (Lipinski definition) is 6. The lowest BCUT2D eigenvalue weighted by molar-refractivity contribution is 0.0988. The van der Waals surface area contributed by atoms with Crippen LogP contribution < -0.4 is 9.47 Å². The first-order valence-corrected chi connectivity index (χ1v) is 11.1. The summed E-state index contributed by atoms with van der Waals surface area (Å²) in [5.74, 6) is -0.887. The lowest BCUT2D eigenvalue weighted by Crippen LogP contribution is -2.19. The number of rotatable bonds is 10. The first kappa shape index (κ1) is 23.7.